The lowest BCUT2D eigenvalue weighted by Gasteiger charge is -2.21. The van der Waals surface area contributed by atoms with Crippen LogP contribution in [-0.4, -0.2) is 21.7 Å². The summed E-state index contributed by atoms with van der Waals surface area (Å²) < 4.78 is 38.2. The Morgan fingerprint density at radius 1 is 1.35 bits per heavy atom. The van der Waals surface area contributed by atoms with Crippen molar-refractivity contribution in [3.8, 4) is 0 Å². The van der Waals surface area contributed by atoms with E-state index in [2.05, 4.69) is 15.3 Å². The molecule has 94 valence electrons. The van der Waals surface area contributed by atoms with Crippen LogP contribution in [0.5, 0.6) is 0 Å². The highest BCUT2D eigenvalue weighted by atomic mass is 19.4. The van der Waals surface area contributed by atoms with E-state index < -0.39 is 11.7 Å². The summed E-state index contributed by atoms with van der Waals surface area (Å²) in [6, 6.07) is 1.59. The van der Waals surface area contributed by atoms with Crippen LogP contribution in [-0.2, 0) is 6.42 Å². The summed E-state index contributed by atoms with van der Waals surface area (Å²) in [5.41, 5.74) is -0.992. The number of aromatic nitrogens is 2. The first-order valence-electron chi connectivity index (χ1n) is 5.63. The van der Waals surface area contributed by atoms with E-state index in [1.165, 1.54) is 6.33 Å². The van der Waals surface area contributed by atoms with Crippen molar-refractivity contribution >= 4 is 5.82 Å². The maximum Gasteiger partial charge on any atom is 0.411 e. The molecule has 1 aliphatic carbocycles. The maximum atomic E-state index is 12.7. The van der Waals surface area contributed by atoms with Gasteiger partial charge in [-0.2, -0.15) is 13.2 Å². The summed E-state index contributed by atoms with van der Waals surface area (Å²) in [6.07, 6.45) is -1.03. The molecule has 1 saturated carbocycles. The van der Waals surface area contributed by atoms with Crippen LogP contribution in [0.2, 0.25) is 0 Å². The van der Waals surface area contributed by atoms with Gasteiger partial charge in [0.1, 0.15) is 17.7 Å². The molecule has 0 spiro atoms. The Morgan fingerprint density at radius 2 is 2.06 bits per heavy atom. The van der Waals surface area contributed by atoms with Crippen LogP contribution in [0.25, 0.3) is 0 Å². The third-order valence-corrected chi connectivity index (χ3v) is 2.89. The van der Waals surface area contributed by atoms with E-state index >= 15 is 0 Å². The smallest absolute Gasteiger partial charge is 0.356 e. The minimum absolute atomic E-state index is 0.115. The Labute approximate surface area is 97.5 Å². The molecule has 3 nitrogen and oxygen atoms in total. The molecule has 1 N–H and O–H groups in total. The molecule has 0 aliphatic heterocycles. The van der Waals surface area contributed by atoms with Crippen molar-refractivity contribution in [2.75, 3.05) is 5.32 Å². The lowest BCUT2D eigenvalue weighted by atomic mass is 10.2. The Kier molecular flexibility index (Phi) is 2.97. The zero-order chi connectivity index (χ0) is 12.5. The van der Waals surface area contributed by atoms with Crippen LogP contribution in [0.1, 0.15) is 31.9 Å². The Hall–Kier alpha value is -1.33. The molecule has 0 aromatic carbocycles. The number of anilines is 1. The molecule has 0 bridgehead atoms. The van der Waals surface area contributed by atoms with Gasteiger partial charge in [0.25, 0.3) is 0 Å². The van der Waals surface area contributed by atoms with Gasteiger partial charge in [-0.1, -0.05) is 13.3 Å². The van der Waals surface area contributed by atoms with Crippen LogP contribution in [0.15, 0.2) is 12.4 Å². The SMILES string of the molecule is CCCc1cc(NC2(C(F)(F)F)CC2)ncn1. The lowest BCUT2D eigenvalue weighted by molar-refractivity contribution is -0.151. The van der Waals surface area contributed by atoms with Crippen molar-refractivity contribution < 1.29 is 13.2 Å². The van der Waals surface area contributed by atoms with Gasteiger partial charge in [-0.05, 0) is 19.3 Å². The van der Waals surface area contributed by atoms with E-state index in [1.54, 1.807) is 6.07 Å². The van der Waals surface area contributed by atoms with Crippen LogP contribution < -0.4 is 5.32 Å². The van der Waals surface area contributed by atoms with Crippen molar-refractivity contribution in [2.24, 2.45) is 0 Å². The standard InChI is InChI=1S/C11H14F3N3/c1-2-3-8-6-9(16-7-15-8)17-10(4-5-10)11(12,13)14/h6-7H,2-5H2,1H3,(H,15,16,17). The average Bonchev–Trinajstić information content (AvgIpc) is 2.99. The highest BCUT2D eigenvalue weighted by molar-refractivity contribution is 5.42. The lowest BCUT2D eigenvalue weighted by Crippen LogP contribution is -2.38. The molecule has 0 atom stereocenters. The summed E-state index contributed by atoms with van der Waals surface area (Å²) in [4.78, 5) is 7.85. The van der Waals surface area contributed by atoms with Gasteiger partial charge in [-0.3, -0.25) is 0 Å². The number of hydrogen-bond acceptors (Lipinski definition) is 3. The van der Waals surface area contributed by atoms with Crippen LogP contribution >= 0.6 is 0 Å². The molecule has 1 aromatic rings. The van der Waals surface area contributed by atoms with Gasteiger partial charge in [-0.25, -0.2) is 9.97 Å². The molecule has 1 aliphatic rings. The quantitative estimate of drug-likeness (QED) is 0.886. The maximum absolute atomic E-state index is 12.7. The van der Waals surface area contributed by atoms with Crippen LogP contribution in [0, 0.1) is 0 Å². The highest BCUT2D eigenvalue weighted by Crippen LogP contribution is 2.50. The number of rotatable bonds is 4. The van der Waals surface area contributed by atoms with Crippen LogP contribution in [0.3, 0.4) is 0 Å². The van der Waals surface area contributed by atoms with Crippen molar-refractivity contribution in [1.82, 2.24) is 9.97 Å². The molecule has 1 heterocycles. The van der Waals surface area contributed by atoms with Gasteiger partial charge in [0.15, 0.2) is 0 Å². The summed E-state index contributed by atoms with van der Waals surface area (Å²) in [7, 11) is 0. The molecule has 0 unspecified atom stereocenters. The monoisotopic (exact) mass is 245 g/mol. The van der Waals surface area contributed by atoms with Gasteiger partial charge in [0, 0.05) is 11.8 Å². The molecule has 1 aromatic heterocycles. The van der Waals surface area contributed by atoms with E-state index in [4.69, 9.17) is 0 Å². The second kappa shape index (κ2) is 4.16. The van der Waals surface area contributed by atoms with Gasteiger partial charge in [-0.15, -0.1) is 0 Å². The second-order valence-corrected chi connectivity index (χ2v) is 4.35. The first kappa shape index (κ1) is 12.1. The molecule has 17 heavy (non-hydrogen) atoms. The third kappa shape index (κ3) is 2.50. The first-order chi connectivity index (χ1) is 7.97. The van der Waals surface area contributed by atoms with E-state index in [-0.39, 0.29) is 18.7 Å². The van der Waals surface area contributed by atoms with Crippen LogP contribution in [0.4, 0.5) is 19.0 Å². The molecule has 0 amide bonds. The Bertz CT molecular complexity index is 399. The summed E-state index contributed by atoms with van der Waals surface area (Å²) in [6.45, 7) is 1.99. The molecular formula is C11H14F3N3. The zero-order valence-electron chi connectivity index (χ0n) is 9.51. The fourth-order valence-electron chi connectivity index (χ4n) is 1.71. The van der Waals surface area contributed by atoms with E-state index in [0.717, 1.165) is 18.5 Å². The predicted molar refractivity (Wildman–Crippen MR) is 57.7 cm³/mol. The zero-order valence-corrected chi connectivity index (χ0v) is 9.51. The summed E-state index contributed by atoms with van der Waals surface area (Å²) in [5, 5.41) is 2.49. The average molecular weight is 245 g/mol. The fraction of sp³-hybridized carbons (Fsp3) is 0.636. The minimum Gasteiger partial charge on any atom is -0.356 e. The number of aryl methyl sites for hydroxylation is 1. The molecule has 6 heteroatoms. The normalized spacial score (nSPS) is 17.9. The Balaban J connectivity index is 2.11. The third-order valence-electron chi connectivity index (χ3n) is 2.89. The van der Waals surface area contributed by atoms with E-state index in [1.807, 2.05) is 6.92 Å². The first-order valence-corrected chi connectivity index (χ1v) is 5.63. The van der Waals surface area contributed by atoms with Crippen molar-refractivity contribution in [1.29, 1.82) is 0 Å². The molecule has 2 rings (SSSR count). The molecule has 1 fully saturated rings. The Morgan fingerprint density at radius 3 is 2.59 bits per heavy atom. The minimum atomic E-state index is -4.22. The fourth-order valence-corrected chi connectivity index (χ4v) is 1.71. The van der Waals surface area contributed by atoms with Crippen molar-refractivity contribution in [3.05, 3.63) is 18.1 Å². The topological polar surface area (TPSA) is 37.8 Å². The van der Waals surface area contributed by atoms with E-state index in [0.29, 0.717) is 0 Å². The van der Waals surface area contributed by atoms with Gasteiger partial charge >= 0.3 is 6.18 Å². The van der Waals surface area contributed by atoms with Crippen molar-refractivity contribution in [3.63, 3.8) is 0 Å². The molecular weight excluding hydrogens is 231 g/mol. The number of nitrogens with zero attached hydrogens (tertiary/aromatic N) is 2. The second-order valence-electron chi connectivity index (χ2n) is 4.35. The predicted octanol–water partition coefficient (Wildman–Crippen LogP) is 2.94. The largest absolute Gasteiger partial charge is 0.411 e. The highest BCUT2D eigenvalue weighted by Gasteiger charge is 2.63. The molecule has 0 saturated heterocycles. The van der Waals surface area contributed by atoms with E-state index in [9.17, 15) is 13.2 Å². The molecule has 0 radical (unpaired) electrons. The van der Waals surface area contributed by atoms with Gasteiger partial charge in [0.2, 0.25) is 0 Å². The number of alkyl halides is 3. The van der Waals surface area contributed by atoms with Crippen molar-refractivity contribution in [2.45, 2.75) is 44.3 Å². The van der Waals surface area contributed by atoms with Gasteiger partial charge in [0.05, 0.1) is 0 Å². The summed E-state index contributed by atoms with van der Waals surface area (Å²) in [5.74, 6) is 0.262. The number of nitrogens with one attached hydrogen (secondary N) is 1. The number of hydrogen-bond donors (Lipinski definition) is 1. The van der Waals surface area contributed by atoms with Gasteiger partial charge < -0.3 is 5.32 Å². The summed E-state index contributed by atoms with van der Waals surface area (Å²) >= 11 is 0. The number of halogens is 3.